The number of benzene rings is 3. The highest BCUT2D eigenvalue weighted by Crippen LogP contribution is 2.27. The van der Waals surface area contributed by atoms with Crippen LogP contribution in [-0.4, -0.2) is 50.0 Å². The molecule has 0 heterocycles. The number of sulfonamides is 1. The van der Waals surface area contributed by atoms with E-state index < -0.39 is 28.5 Å². The molecule has 1 unspecified atom stereocenters. The minimum atomic E-state index is -3.86. The molecule has 208 valence electrons. The normalized spacial score (nSPS) is 12.1. The predicted molar refractivity (Wildman–Crippen MR) is 155 cm³/mol. The molecule has 0 aliphatic carbocycles. The molecule has 0 aliphatic rings. The second-order valence-electron chi connectivity index (χ2n) is 9.29. The second-order valence-corrected chi connectivity index (χ2v) is 12.0. The first-order chi connectivity index (χ1) is 18.3. The first kappa shape index (κ1) is 30.3. The van der Waals surface area contributed by atoms with E-state index in [2.05, 4.69) is 5.32 Å². The zero-order chi connectivity index (χ0) is 28.7. The van der Waals surface area contributed by atoms with E-state index in [4.69, 9.17) is 27.9 Å². The Hall–Kier alpha value is -3.27. The van der Waals surface area contributed by atoms with Crippen LogP contribution in [0.25, 0.3) is 0 Å². The Labute approximate surface area is 239 Å². The molecule has 39 heavy (non-hydrogen) atoms. The van der Waals surface area contributed by atoms with Gasteiger partial charge in [-0.25, -0.2) is 8.42 Å². The topological polar surface area (TPSA) is 96.0 Å². The first-order valence-electron chi connectivity index (χ1n) is 12.2. The largest absolute Gasteiger partial charge is 0.457 e. The Bertz CT molecular complexity index is 1400. The predicted octanol–water partition coefficient (Wildman–Crippen LogP) is 5.49. The monoisotopic (exact) mass is 591 g/mol. The first-order valence-corrected chi connectivity index (χ1v) is 14.8. The summed E-state index contributed by atoms with van der Waals surface area (Å²) < 4.78 is 32.3. The Morgan fingerprint density at radius 3 is 2.08 bits per heavy atom. The smallest absolute Gasteiger partial charge is 0.244 e. The molecular formula is C28H31Cl2N3O5S. The number of carbonyl (C=O) groups excluding carboxylic acids is 2. The van der Waals surface area contributed by atoms with Gasteiger partial charge in [0.15, 0.2) is 0 Å². The van der Waals surface area contributed by atoms with Crippen LogP contribution in [0.5, 0.6) is 11.5 Å². The van der Waals surface area contributed by atoms with Crippen molar-refractivity contribution in [2.45, 2.75) is 39.4 Å². The molecule has 1 atom stereocenters. The molecule has 3 rings (SSSR count). The van der Waals surface area contributed by atoms with Crippen molar-refractivity contribution in [2.75, 3.05) is 17.1 Å². The number of anilines is 1. The zero-order valence-corrected chi connectivity index (χ0v) is 24.4. The van der Waals surface area contributed by atoms with Gasteiger partial charge in [-0.15, -0.1) is 0 Å². The van der Waals surface area contributed by atoms with E-state index in [-0.39, 0.29) is 24.2 Å². The van der Waals surface area contributed by atoms with Crippen molar-refractivity contribution in [3.8, 4) is 11.5 Å². The van der Waals surface area contributed by atoms with Crippen molar-refractivity contribution in [1.82, 2.24) is 10.2 Å². The summed E-state index contributed by atoms with van der Waals surface area (Å²) in [5.74, 6) is 0.200. The van der Waals surface area contributed by atoms with Gasteiger partial charge in [-0.1, -0.05) is 47.5 Å². The van der Waals surface area contributed by atoms with Gasteiger partial charge >= 0.3 is 0 Å². The minimum Gasteiger partial charge on any atom is -0.457 e. The van der Waals surface area contributed by atoms with Gasteiger partial charge in [0.05, 0.1) is 22.0 Å². The van der Waals surface area contributed by atoms with Crippen LogP contribution in [0.15, 0.2) is 72.8 Å². The van der Waals surface area contributed by atoms with Gasteiger partial charge in [-0.05, 0) is 74.9 Å². The third-order valence-electron chi connectivity index (χ3n) is 5.72. The molecule has 0 saturated heterocycles. The summed E-state index contributed by atoms with van der Waals surface area (Å²) in [5.41, 5.74) is 0.912. The summed E-state index contributed by atoms with van der Waals surface area (Å²) in [6, 6.07) is 19.4. The molecule has 11 heteroatoms. The third kappa shape index (κ3) is 8.61. The molecule has 0 bridgehead atoms. The van der Waals surface area contributed by atoms with Gasteiger partial charge in [0.25, 0.3) is 0 Å². The number of carbonyl (C=O) groups is 2. The van der Waals surface area contributed by atoms with Crippen molar-refractivity contribution in [3.63, 3.8) is 0 Å². The lowest BCUT2D eigenvalue weighted by molar-refractivity contribution is -0.139. The number of hydrogen-bond acceptors (Lipinski definition) is 5. The number of para-hydroxylation sites is 1. The zero-order valence-electron chi connectivity index (χ0n) is 22.1. The minimum absolute atomic E-state index is 0.0177. The molecule has 0 aliphatic heterocycles. The van der Waals surface area contributed by atoms with E-state index in [0.717, 1.165) is 10.6 Å². The molecule has 3 aromatic carbocycles. The lowest BCUT2D eigenvalue weighted by Gasteiger charge is -2.32. The number of halogens is 2. The number of ether oxygens (including phenoxy) is 1. The molecular weight excluding hydrogens is 561 g/mol. The molecule has 0 aromatic heterocycles. The van der Waals surface area contributed by atoms with Crippen molar-refractivity contribution in [3.05, 3.63) is 88.4 Å². The Morgan fingerprint density at radius 1 is 0.897 bits per heavy atom. The highest BCUT2D eigenvalue weighted by Gasteiger charge is 2.30. The summed E-state index contributed by atoms with van der Waals surface area (Å²) in [5, 5.41) is 3.46. The van der Waals surface area contributed by atoms with Crippen LogP contribution >= 0.6 is 23.2 Å². The molecule has 8 nitrogen and oxygen atoms in total. The van der Waals surface area contributed by atoms with Gasteiger partial charge in [0, 0.05) is 12.6 Å². The summed E-state index contributed by atoms with van der Waals surface area (Å²) in [6.45, 7) is 4.72. The van der Waals surface area contributed by atoms with Crippen LogP contribution in [0, 0.1) is 0 Å². The van der Waals surface area contributed by atoms with Crippen molar-refractivity contribution in [2.24, 2.45) is 0 Å². The van der Waals surface area contributed by atoms with E-state index in [0.29, 0.717) is 27.1 Å². The number of nitrogens with zero attached hydrogens (tertiary/aromatic N) is 2. The van der Waals surface area contributed by atoms with Crippen LogP contribution in [0.4, 0.5) is 5.69 Å². The number of nitrogens with one attached hydrogen (secondary N) is 1. The van der Waals surface area contributed by atoms with Gasteiger partial charge in [-0.3, -0.25) is 13.9 Å². The van der Waals surface area contributed by atoms with Gasteiger partial charge < -0.3 is 15.0 Å². The Balaban J connectivity index is 1.88. The maximum absolute atomic E-state index is 13.6. The van der Waals surface area contributed by atoms with E-state index in [1.807, 2.05) is 32.0 Å². The van der Waals surface area contributed by atoms with Gasteiger partial charge in [0.2, 0.25) is 21.8 Å². The lowest BCUT2D eigenvalue weighted by Crippen LogP contribution is -2.52. The molecule has 2 amide bonds. The maximum atomic E-state index is 13.6. The fourth-order valence-electron chi connectivity index (χ4n) is 3.74. The summed E-state index contributed by atoms with van der Waals surface area (Å²) >= 11 is 12.2. The highest BCUT2D eigenvalue weighted by atomic mass is 35.5. The van der Waals surface area contributed by atoms with Crippen LogP contribution in [0.1, 0.15) is 26.3 Å². The Morgan fingerprint density at radius 2 is 1.51 bits per heavy atom. The number of hydrogen-bond donors (Lipinski definition) is 1. The van der Waals surface area contributed by atoms with Crippen LogP contribution < -0.4 is 14.4 Å². The molecule has 0 spiro atoms. The van der Waals surface area contributed by atoms with Crippen LogP contribution in [0.2, 0.25) is 10.0 Å². The fraction of sp³-hybridized carbons (Fsp3) is 0.286. The molecule has 0 saturated carbocycles. The molecule has 0 fully saturated rings. The van der Waals surface area contributed by atoms with Crippen molar-refractivity contribution < 1.29 is 22.7 Å². The average Bonchev–Trinajstić information content (AvgIpc) is 2.87. The fourth-order valence-corrected chi connectivity index (χ4v) is 4.91. The van der Waals surface area contributed by atoms with Crippen molar-refractivity contribution in [1.29, 1.82) is 0 Å². The van der Waals surface area contributed by atoms with Crippen molar-refractivity contribution >= 4 is 50.7 Å². The SMILES string of the molecule is CC(C)NC(=O)C(C)N(Cc1ccc(Cl)c(Cl)c1)C(=O)CN(c1ccc(Oc2ccccc2)cc1)S(C)(=O)=O. The van der Waals surface area contributed by atoms with Crippen LogP contribution in [-0.2, 0) is 26.2 Å². The number of amides is 2. The third-order valence-corrected chi connectivity index (χ3v) is 7.60. The summed E-state index contributed by atoms with van der Waals surface area (Å²) in [4.78, 5) is 27.8. The van der Waals surface area contributed by atoms with Crippen LogP contribution in [0.3, 0.4) is 0 Å². The second kappa shape index (κ2) is 13.2. The maximum Gasteiger partial charge on any atom is 0.244 e. The average molecular weight is 593 g/mol. The van der Waals surface area contributed by atoms with E-state index in [9.17, 15) is 18.0 Å². The lowest BCUT2D eigenvalue weighted by atomic mass is 10.1. The van der Waals surface area contributed by atoms with E-state index in [1.54, 1.807) is 61.5 Å². The number of rotatable bonds is 11. The molecule has 1 N–H and O–H groups in total. The summed E-state index contributed by atoms with van der Waals surface area (Å²) in [6.07, 6.45) is 1.02. The molecule has 0 radical (unpaired) electrons. The standard InChI is InChI=1S/C28H31Cl2N3O5S/c1-19(2)31-28(35)20(3)32(17-21-10-15-25(29)26(30)16-21)27(34)18-33(39(4,36)37)22-11-13-24(14-12-22)38-23-8-6-5-7-9-23/h5-16,19-20H,17-18H2,1-4H3,(H,31,35). The van der Waals surface area contributed by atoms with Gasteiger partial charge in [-0.2, -0.15) is 0 Å². The highest BCUT2D eigenvalue weighted by molar-refractivity contribution is 7.92. The molecule has 3 aromatic rings. The van der Waals surface area contributed by atoms with Gasteiger partial charge in [0.1, 0.15) is 24.1 Å². The van der Waals surface area contributed by atoms with E-state index in [1.165, 1.54) is 4.90 Å². The summed E-state index contributed by atoms with van der Waals surface area (Å²) in [7, 11) is -3.86. The van der Waals surface area contributed by atoms with E-state index >= 15 is 0 Å². The quantitative estimate of drug-likeness (QED) is 0.318. The Kier molecular flexibility index (Phi) is 10.2.